The minimum atomic E-state index is 0.354. The van der Waals surface area contributed by atoms with E-state index in [2.05, 4.69) is 49.7 Å². The molecule has 2 rings (SSSR count). The van der Waals surface area contributed by atoms with E-state index < -0.39 is 0 Å². The van der Waals surface area contributed by atoms with Gasteiger partial charge in [0.15, 0.2) is 5.82 Å². The smallest absolute Gasteiger partial charge is 0.153 e. The monoisotopic (exact) mass is 290 g/mol. The fourth-order valence-corrected chi connectivity index (χ4v) is 1.38. The number of nitrogens with zero attached hydrogens (tertiary/aromatic N) is 4. The van der Waals surface area contributed by atoms with Gasteiger partial charge in [-0.2, -0.15) is 5.10 Å². The van der Waals surface area contributed by atoms with E-state index in [0.29, 0.717) is 5.92 Å². The lowest BCUT2D eigenvalue weighted by Gasteiger charge is -2.01. The van der Waals surface area contributed by atoms with Crippen molar-refractivity contribution in [2.75, 3.05) is 0 Å². The average Bonchev–Trinajstić information content (AvgIpc) is 2.84. The Labute approximate surface area is 129 Å². The molecular formula is C17H30N4. The molecule has 0 aliphatic rings. The molecule has 0 bridgehead atoms. The lowest BCUT2D eigenvalue weighted by molar-refractivity contribution is 0.737. The molecule has 0 aliphatic carbocycles. The normalized spacial score (nSPS) is 9.81. The number of aromatic nitrogens is 4. The van der Waals surface area contributed by atoms with E-state index in [1.807, 2.05) is 37.6 Å². The zero-order chi connectivity index (χ0) is 16.4. The van der Waals surface area contributed by atoms with Gasteiger partial charge in [0.05, 0.1) is 5.69 Å². The Morgan fingerprint density at radius 1 is 0.952 bits per heavy atom. The molecule has 0 atom stereocenters. The van der Waals surface area contributed by atoms with Crippen LogP contribution in [0, 0.1) is 12.8 Å². The van der Waals surface area contributed by atoms with E-state index in [4.69, 9.17) is 0 Å². The van der Waals surface area contributed by atoms with Crippen molar-refractivity contribution in [2.24, 2.45) is 5.92 Å². The van der Waals surface area contributed by atoms with Crippen molar-refractivity contribution in [2.45, 2.75) is 61.3 Å². The van der Waals surface area contributed by atoms with Crippen LogP contribution in [0.15, 0.2) is 24.5 Å². The maximum absolute atomic E-state index is 4.46. The second-order valence-electron chi connectivity index (χ2n) is 5.52. The number of pyridine rings is 1. The average molecular weight is 290 g/mol. The summed E-state index contributed by atoms with van der Waals surface area (Å²) in [7, 11) is 0. The molecule has 0 amide bonds. The second-order valence-corrected chi connectivity index (χ2v) is 5.52. The van der Waals surface area contributed by atoms with Crippen LogP contribution in [0.1, 0.15) is 66.0 Å². The molecule has 0 saturated heterocycles. The first kappa shape index (κ1) is 19.3. The minimum Gasteiger partial charge on any atom is -0.265 e. The van der Waals surface area contributed by atoms with Crippen LogP contribution in [-0.2, 0) is 0 Å². The Morgan fingerprint density at radius 2 is 1.43 bits per heavy atom. The van der Waals surface area contributed by atoms with E-state index in [1.54, 1.807) is 12.4 Å². The third-order valence-corrected chi connectivity index (χ3v) is 2.21. The largest absolute Gasteiger partial charge is 0.265 e. The van der Waals surface area contributed by atoms with Gasteiger partial charge in [0.1, 0.15) is 5.82 Å². The van der Waals surface area contributed by atoms with Crippen LogP contribution in [0.5, 0.6) is 0 Å². The summed E-state index contributed by atoms with van der Waals surface area (Å²) in [6.07, 6.45) is 3.51. The Hall–Kier alpha value is -1.71. The Bertz CT molecular complexity index is 484. The summed E-state index contributed by atoms with van der Waals surface area (Å²) in [5, 5.41) is 4.46. The van der Waals surface area contributed by atoms with Gasteiger partial charge >= 0.3 is 0 Å². The number of aryl methyl sites for hydroxylation is 1. The summed E-state index contributed by atoms with van der Waals surface area (Å²) in [5.41, 5.74) is 1.00. The fourth-order valence-electron chi connectivity index (χ4n) is 1.38. The second kappa shape index (κ2) is 10.1. The first-order valence-corrected chi connectivity index (χ1v) is 7.75. The van der Waals surface area contributed by atoms with Gasteiger partial charge in [0, 0.05) is 18.3 Å². The van der Waals surface area contributed by atoms with E-state index in [9.17, 15) is 0 Å². The van der Waals surface area contributed by atoms with Crippen LogP contribution >= 0.6 is 0 Å². The van der Waals surface area contributed by atoms with Crippen molar-refractivity contribution in [3.05, 3.63) is 36.2 Å². The Balaban J connectivity index is 0.000000579. The van der Waals surface area contributed by atoms with Gasteiger partial charge < -0.3 is 0 Å². The van der Waals surface area contributed by atoms with Crippen LogP contribution in [0.25, 0.3) is 5.69 Å². The summed E-state index contributed by atoms with van der Waals surface area (Å²) in [5.74, 6) is 2.97. The Kier molecular flexibility index (Phi) is 9.26. The molecular weight excluding hydrogens is 260 g/mol. The van der Waals surface area contributed by atoms with Crippen LogP contribution in [0.3, 0.4) is 0 Å². The van der Waals surface area contributed by atoms with Gasteiger partial charge in [-0.3, -0.25) is 4.98 Å². The summed E-state index contributed by atoms with van der Waals surface area (Å²) >= 11 is 0. The summed E-state index contributed by atoms with van der Waals surface area (Å²) in [6.45, 7) is 16.6. The Morgan fingerprint density at radius 3 is 1.81 bits per heavy atom. The maximum atomic E-state index is 4.46. The number of rotatable bonds is 2. The van der Waals surface area contributed by atoms with Crippen LogP contribution in [0.4, 0.5) is 0 Å². The quantitative estimate of drug-likeness (QED) is 0.799. The van der Waals surface area contributed by atoms with Gasteiger partial charge in [0.25, 0.3) is 0 Å². The molecule has 0 saturated carbocycles. The molecule has 4 heteroatoms. The zero-order valence-corrected chi connectivity index (χ0v) is 14.8. The predicted octanol–water partition coefficient (Wildman–Crippen LogP) is 4.78. The molecule has 118 valence electrons. The third-order valence-electron chi connectivity index (χ3n) is 2.21. The molecule has 2 aromatic rings. The third kappa shape index (κ3) is 7.02. The van der Waals surface area contributed by atoms with Gasteiger partial charge in [-0.1, -0.05) is 48.5 Å². The molecule has 2 heterocycles. The summed E-state index contributed by atoms with van der Waals surface area (Å²) in [6, 6.07) is 3.84. The standard InChI is InChI=1S/C11H14N4.C4H10.C2H6/c1-8(2)11-13-9(3)15(14-11)10-4-6-12-7-5-10;1-4(2)3;1-2/h4-8H,1-3H3;4H,1-3H3;1-2H3. The lowest BCUT2D eigenvalue weighted by Crippen LogP contribution is -1.99. The van der Waals surface area contributed by atoms with Crippen molar-refractivity contribution < 1.29 is 0 Å². The van der Waals surface area contributed by atoms with Crippen molar-refractivity contribution in [3.63, 3.8) is 0 Å². The molecule has 0 aliphatic heterocycles. The van der Waals surface area contributed by atoms with Crippen LogP contribution in [0.2, 0.25) is 0 Å². The molecule has 0 N–H and O–H groups in total. The molecule has 0 radical (unpaired) electrons. The minimum absolute atomic E-state index is 0.354. The molecule has 0 unspecified atom stereocenters. The van der Waals surface area contributed by atoms with Gasteiger partial charge in [-0.05, 0) is 25.0 Å². The highest BCUT2D eigenvalue weighted by Crippen LogP contribution is 2.13. The van der Waals surface area contributed by atoms with E-state index in [-0.39, 0.29) is 0 Å². The SMILES string of the molecule is CC.CC(C)C.Cc1nc(C(C)C)nn1-c1ccncc1. The van der Waals surface area contributed by atoms with Crippen molar-refractivity contribution in [1.82, 2.24) is 19.7 Å². The van der Waals surface area contributed by atoms with Crippen LogP contribution in [-0.4, -0.2) is 19.7 Å². The molecule has 2 aromatic heterocycles. The molecule has 4 nitrogen and oxygen atoms in total. The predicted molar refractivity (Wildman–Crippen MR) is 89.8 cm³/mol. The summed E-state index contributed by atoms with van der Waals surface area (Å²) in [4.78, 5) is 8.40. The highest BCUT2D eigenvalue weighted by molar-refractivity contribution is 5.28. The molecule has 0 fully saturated rings. The van der Waals surface area contributed by atoms with Gasteiger partial charge in [-0.25, -0.2) is 9.67 Å². The fraction of sp³-hybridized carbons (Fsp3) is 0.588. The molecule has 0 spiro atoms. The van der Waals surface area contributed by atoms with Gasteiger partial charge in [0.2, 0.25) is 0 Å². The number of hydrogen-bond acceptors (Lipinski definition) is 3. The first-order chi connectivity index (χ1) is 9.91. The molecule has 0 aromatic carbocycles. The van der Waals surface area contributed by atoms with Gasteiger partial charge in [-0.15, -0.1) is 0 Å². The maximum Gasteiger partial charge on any atom is 0.153 e. The number of hydrogen-bond donors (Lipinski definition) is 0. The topological polar surface area (TPSA) is 43.6 Å². The van der Waals surface area contributed by atoms with Crippen molar-refractivity contribution in [1.29, 1.82) is 0 Å². The summed E-state index contributed by atoms with van der Waals surface area (Å²) < 4.78 is 1.84. The van der Waals surface area contributed by atoms with Crippen molar-refractivity contribution in [3.8, 4) is 5.69 Å². The zero-order valence-electron chi connectivity index (χ0n) is 14.8. The van der Waals surface area contributed by atoms with E-state index >= 15 is 0 Å². The van der Waals surface area contributed by atoms with E-state index in [0.717, 1.165) is 23.3 Å². The molecule has 21 heavy (non-hydrogen) atoms. The van der Waals surface area contributed by atoms with E-state index in [1.165, 1.54) is 0 Å². The lowest BCUT2D eigenvalue weighted by atomic mass is 10.2. The van der Waals surface area contributed by atoms with Crippen LogP contribution < -0.4 is 0 Å². The highest BCUT2D eigenvalue weighted by atomic mass is 15.3. The highest BCUT2D eigenvalue weighted by Gasteiger charge is 2.10. The van der Waals surface area contributed by atoms with Crippen molar-refractivity contribution >= 4 is 0 Å². The first-order valence-electron chi connectivity index (χ1n) is 7.75.